The van der Waals surface area contributed by atoms with Crippen LogP contribution in [0.5, 0.6) is 0 Å². The molecule has 2 aromatic carbocycles. The highest BCUT2D eigenvalue weighted by atomic mass is 16.5. The maximum absolute atomic E-state index is 5.30. The second-order valence-electron chi connectivity index (χ2n) is 9.84. The summed E-state index contributed by atoms with van der Waals surface area (Å²) in [5.74, 6) is 0.545. The van der Waals surface area contributed by atoms with Gasteiger partial charge in [-0.3, -0.25) is 0 Å². The molecule has 3 nitrogen and oxygen atoms in total. The second kappa shape index (κ2) is 15.5. The third-order valence-corrected chi connectivity index (χ3v) is 5.90. The number of rotatable bonds is 4. The Morgan fingerprint density at radius 2 is 1.37 bits per heavy atom. The molecule has 0 aliphatic heterocycles. The van der Waals surface area contributed by atoms with Crippen LogP contribution in [0, 0.1) is 18.3 Å². The fourth-order valence-corrected chi connectivity index (χ4v) is 2.74. The Balaban J connectivity index is 0.000000753. The maximum atomic E-state index is 5.30. The zero-order valence-corrected chi connectivity index (χ0v) is 24.7. The van der Waals surface area contributed by atoms with E-state index in [9.17, 15) is 0 Å². The smallest absolute Gasteiger partial charge is 0.0922 e. The molecule has 3 rings (SSSR count). The van der Waals surface area contributed by atoms with Crippen LogP contribution < -0.4 is 0 Å². The van der Waals surface area contributed by atoms with Gasteiger partial charge < -0.3 is 4.74 Å². The summed E-state index contributed by atoms with van der Waals surface area (Å²) in [7, 11) is 1.76. The fraction of sp³-hybridized carbons (Fsp3) is 0.500. The topological polar surface area (TPSA) is 35.0 Å². The van der Waals surface area contributed by atoms with E-state index in [0.717, 1.165) is 28.0 Å². The van der Waals surface area contributed by atoms with Crippen LogP contribution in [0.3, 0.4) is 0 Å². The molecule has 0 saturated carbocycles. The lowest BCUT2D eigenvalue weighted by molar-refractivity contribution is -0.0620. The average molecular weight is 479 g/mol. The summed E-state index contributed by atoms with van der Waals surface area (Å²) in [4.78, 5) is 9.54. The van der Waals surface area contributed by atoms with Gasteiger partial charge >= 0.3 is 0 Å². The van der Waals surface area contributed by atoms with Gasteiger partial charge in [-0.1, -0.05) is 111 Å². The minimum atomic E-state index is -0.0208. The van der Waals surface area contributed by atoms with Crippen molar-refractivity contribution < 1.29 is 4.74 Å². The zero-order valence-electron chi connectivity index (χ0n) is 24.7. The normalized spacial score (nSPS) is 11.3. The van der Waals surface area contributed by atoms with E-state index in [4.69, 9.17) is 14.7 Å². The van der Waals surface area contributed by atoms with E-state index >= 15 is 0 Å². The number of aromatic nitrogens is 2. The van der Waals surface area contributed by atoms with Crippen molar-refractivity contribution in [2.75, 3.05) is 7.11 Å². The van der Waals surface area contributed by atoms with E-state index in [2.05, 4.69) is 84.9 Å². The highest BCUT2D eigenvalue weighted by molar-refractivity contribution is 5.80. The minimum absolute atomic E-state index is 0.0208. The molecule has 35 heavy (non-hydrogen) atoms. The number of benzene rings is 2. The van der Waals surface area contributed by atoms with Crippen molar-refractivity contribution in [3.05, 3.63) is 65.9 Å². The van der Waals surface area contributed by atoms with Crippen molar-refractivity contribution in [2.24, 2.45) is 11.3 Å². The van der Waals surface area contributed by atoms with Gasteiger partial charge in [-0.25, -0.2) is 9.97 Å². The molecule has 0 fully saturated rings. The van der Waals surface area contributed by atoms with Gasteiger partial charge in [0.05, 0.1) is 28.0 Å². The van der Waals surface area contributed by atoms with Crippen LogP contribution in [0.25, 0.3) is 28.4 Å². The molecule has 0 spiro atoms. The number of fused-ring (bicyclic) bond motifs is 1. The van der Waals surface area contributed by atoms with Crippen molar-refractivity contribution in [3.8, 4) is 11.3 Å². The Kier molecular flexibility index (Phi) is 14.4. The van der Waals surface area contributed by atoms with Crippen LogP contribution in [0.1, 0.15) is 87.4 Å². The molecule has 0 amide bonds. The van der Waals surface area contributed by atoms with Crippen molar-refractivity contribution >= 4 is 17.1 Å². The number of nitrogens with zero attached hydrogens (tertiary/aromatic N) is 2. The summed E-state index contributed by atoms with van der Waals surface area (Å²) < 4.78 is 5.30. The summed E-state index contributed by atoms with van der Waals surface area (Å²) in [6.45, 7) is 25.1. The number of aryl methyl sites for hydroxylation is 1. The zero-order chi connectivity index (χ0) is 27.2. The Morgan fingerprint density at radius 3 is 1.83 bits per heavy atom. The van der Waals surface area contributed by atoms with Crippen molar-refractivity contribution in [2.45, 2.75) is 88.7 Å². The number of ether oxygens (including phenoxy) is 1. The van der Waals surface area contributed by atoms with E-state index in [1.165, 1.54) is 5.56 Å². The van der Waals surface area contributed by atoms with Gasteiger partial charge in [0.25, 0.3) is 0 Å². The Hall–Kier alpha value is -2.52. The van der Waals surface area contributed by atoms with Gasteiger partial charge in [-0.05, 0) is 49.8 Å². The monoisotopic (exact) mass is 478 g/mol. The van der Waals surface area contributed by atoms with Crippen LogP contribution >= 0.6 is 0 Å². The Morgan fingerprint density at radius 1 is 0.800 bits per heavy atom. The molecular weight excluding hydrogens is 428 g/mol. The minimum Gasteiger partial charge on any atom is -0.378 e. The van der Waals surface area contributed by atoms with Crippen molar-refractivity contribution in [3.63, 3.8) is 0 Å². The first kappa shape index (κ1) is 32.5. The molecule has 0 N–H and O–H groups in total. The van der Waals surface area contributed by atoms with Gasteiger partial charge in [-0.15, -0.1) is 0 Å². The van der Waals surface area contributed by atoms with E-state index in [1.54, 1.807) is 7.11 Å². The van der Waals surface area contributed by atoms with Crippen LogP contribution in [0.2, 0.25) is 0 Å². The van der Waals surface area contributed by atoms with Crippen LogP contribution in [-0.2, 0) is 4.74 Å². The average Bonchev–Trinajstić information content (AvgIpc) is 2.85. The highest BCUT2D eigenvalue weighted by Gasteiger charge is 2.32. The number of hydrogen-bond donors (Lipinski definition) is 0. The summed E-state index contributed by atoms with van der Waals surface area (Å²) in [6.07, 6.45) is 4.34. The van der Waals surface area contributed by atoms with E-state index in [-0.39, 0.29) is 11.0 Å². The van der Waals surface area contributed by atoms with Gasteiger partial charge in [0.2, 0.25) is 0 Å². The third-order valence-electron chi connectivity index (χ3n) is 5.90. The molecule has 0 aliphatic carbocycles. The second-order valence-corrected chi connectivity index (χ2v) is 9.84. The first-order valence-electron chi connectivity index (χ1n) is 13.0. The fourth-order valence-electron chi connectivity index (χ4n) is 2.74. The summed E-state index contributed by atoms with van der Waals surface area (Å²) in [6, 6.07) is 16.5. The molecule has 1 heterocycles. The first-order valence-corrected chi connectivity index (χ1v) is 13.0. The number of hydrogen-bond acceptors (Lipinski definition) is 3. The van der Waals surface area contributed by atoms with Crippen LogP contribution in [-0.4, -0.2) is 22.7 Å². The molecule has 0 unspecified atom stereocenters. The van der Waals surface area contributed by atoms with Crippen molar-refractivity contribution in [1.82, 2.24) is 9.97 Å². The lowest BCUT2D eigenvalue weighted by Crippen LogP contribution is -2.38. The molecule has 0 atom stereocenters. The lowest BCUT2D eigenvalue weighted by atomic mass is 9.79. The number of methoxy groups -OCH3 is 1. The predicted molar refractivity (Wildman–Crippen MR) is 157 cm³/mol. The van der Waals surface area contributed by atoms with Crippen molar-refractivity contribution in [1.29, 1.82) is 0 Å². The van der Waals surface area contributed by atoms with Gasteiger partial charge in [0.15, 0.2) is 0 Å². The summed E-state index contributed by atoms with van der Waals surface area (Å²) in [5, 5.41) is 0. The summed E-state index contributed by atoms with van der Waals surface area (Å²) >= 11 is 0. The van der Waals surface area contributed by atoms with Gasteiger partial charge in [0.1, 0.15) is 0 Å². The Labute approximate surface area is 216 Å². The predicted octanol–water partition coefficient (Wildman–Crippen LogP) is 9.78. The quantitative estimate of drug-likeness (QED) is 0.374. The molecule has 1 aromatic heterocycles. The van der Waals surface area contributed by atoms with Crippen LogP contribution in [0.4, 0.5) is 0 Å². The molecule has 0 bridgehead atoms. The van der Waals surface area contributed by atoms with Gasteiger partial charge in [0, 0.05) is 12.7 Å². The lowest BCUT2D eigenvalue weighted by Gasteiger charge is -2.37. The van der Waals surface area contributed by atoms with Crippen LogP contribution in [0.15, 0.2) is 54.6 Å². The highest BCUT2D eigenvalue weighted by Crippen LogP contribution is 2.31. The third kappa shape index (κ3) is 10.3. The summed E-state index contributed by atoms with van der Waals surface area (Å²) in [5.41, 5.74) is 6.28. The standard InChI is InChI=1S/C20H20N2.C8H18O.2C2H6/c1-14(2)9-10-16-11-12-18-19(13-16)21-15(3)20(22-18)17-7-5-4-6-8-17;1-7(2,3)8(4,5)9-6;2*1-2/h4-14H,1-3H3;1-6H3;2*1-2H3/b10-9+;;;. The van der Waals surface area contributed by atoms with E-state index in [1.807, 2.05) is 58.9 Å². The maximum Gasteiger partial charge on any atom is 0.0922 e. The molecule has 0 saturated heterocycles. The molecular formula is C32H50N2O. The molecule has 0 radical (unpaired) electrons. The van der Waals surface area contributed by atoms with E-state index in [0.29, 0.717) is 5.92 Å². The molecule has 194 valence electrons. The Bertz CT molecular complexity index is 1010. The van der Waals surface area contributed by atoms with Gasteiger partial charge in [-0.2, -0.15) is 0 Å². The first-order chi connectivity index (χ1) is 16.4. The molecule has 3 heteroatoms. The number of allylic oxidation sites excluding steroid dienone is 1. The molecule has 0 aliphatic rings. The molecule has 3 aromatic rings. The van der Waals surface area contributed by atoms with E-state index < -0.39 is 0 Å². The SMILES string of the molecule is CC.CC.COC(C)(C)C(C)(C)C.Cc1nc2cc(/C=C/C(C)C)ccc2nc1-c1ccccc1. The largest absolute Gasteiger partial charge is 0.378 e.